The number of hydrogen-bond donors (Lipinski definition) is 3. The Labute approximate surface area is 159 Å². The van der Waals surface area contributed by atoms with Gasteiger partial charge in [0.05, 0.1) is 0 Å². The number of carboxylic acids is 1. The average molecular weight is 386 g/mol. The summed E-state index contributed by atoms with van der Waals surface area (Å²) in [7, 11) is 0. The maximum atomic E-state index is 12.1. The highest BCUT2D eigenvalue weighted by atomic mass is 32.2. The lowest BCUT2D eigenvalue weighted by atomic mass is 9.98. The molecule has 0 aromatic heterocycles. The molecule has 0 aliphatic heterocycles. The molecule has 1 aliphatic carbocycles. The summed E-state index contributed by atoms with van der Waals surface area (Å²) in [6.45, 7) is 0.0785. The molecule has 0 spiro atoms. The first kappa shape index (κ1) is 18.8. The van der Waals surface area contributed by atoms with Gasteiger partial charge in [-0.1, -0.05) is 60.3 Å². The van der Waals surface area contributed by atoms with Crippen LogP contribution in [0, 0.1) is 0 Å². The van der Waals surface area contributed by atoms with Crippen molar-refractivity contribution in [3.63, 3.8) is 0 Å². The number of fused-ring (bicyclic) bond motifs is 3. The van der Waals surface area contributed by atoms with Crippen LogP contribution in [-0.2, 0) is 9.53 Å². The van der Waals surface area contributed by atoms with Gasteiger partial charge in [-0.05, 0) is 22.3 Å². The predicted octanol–water partition coefficient (Wildman–Crippen LogP) is 2.79. The van der Waals surface area contributed by atoms with Crippen molar-refractivity contribution < 1.29 is 24.2 Å². The maximum absolute atomic E-state index is 12.1. The van der Waals surface area contributed by atoms with Crippen molar-refractivity contribution in [2.75, 3.05) is 12.4 Å². The number of hydrogen-bond acceptors (Lipinski definition) is 5. The molecule has 1 atom stereocenters. The number of primary amides is 1. The molecule has 2 aromatic rings. The third kappa shape index (κ3) is 4.22. The molecule has 0 radical (unpaired) electrons. The van der Waals surface area contributed by atoms with E-state index in [0.29, 0.717) is 11.8 Å². The SMILES string of the molecule is NC(=O)SCC(NC(=O)OCC1c2ccccc2-c2ccccc21)C(=O)O. The van der Waals surface area contributed by atoms with E-state index in [2.05, 4.69) is 5.32 Å². The van der Waals surface area contributed by atoms with E-state index in [1.165, 1.54) is 0 Å². The molecule has 0 bridgehead atoms. The first-order valence-electron chi connectivity index (χ1n) is 8.24. The minimum absolute atomic E-state index is 0.0785. The van der Waals surface area contributed by atoms with Gasteiger partial charge in [-0.25, -0.2) is 9.59 Å². The number of ether oxygens (including phenoxy) is 1. The van der Waals surface area contributed by atoms with E-state index >= 15 is 0 Å². The van der Waals surface area contributed by atoms with E-state index in [1.807, 2.05) is 48.5 Å². The zero-order valence-corrected chi connectivity index (χ0v) is 15.1. The average Bonchev–Trinajstić information content (AvgIpc) is 2.97. The number of nitrogens with one attached hydrogen (secondary N) is 1. The second-order valence-corrected chi connectivity index (χ2v) is 7.02. The minimum Gasteiger partial charge on any atom is -0.480 e. The number of carboxylic acid groups (broad SMARTS) is 1. The smallest absolute Gasteiger partial charge is 0.407 e. The van der Waals surface area contributed by atoms with E-state index in [9.17, 15) is 14.4 Å². The quantitative estimate of drug-likeness (QED) is 0.702. The predicted molar refractivity (Wildman–Crippen MR) is 102 cm³/mol. The van der Waals surface area contributed by atoms with Gasteiger partial charge in [0.2, 0.25) is 0 Å². The van der Waals surface area contributed by atoms with Crippen LogP contribution in [0.25, 0.3) is 11.1 Å². The van der Waals surface area contributed by atoms with Crippen LogP contribution in [0.3, 0.4) is 0 Å². The topological polar surface area (TPSA) is 119 Å². The fraction of sp³-hybridized carbons (Fsp3) is 0.211. The molecule has 27 heavy (non-hydrogen) atoms. The van der Waals surface area contributed by atoms with Crippen LogP contribution in [0.4, 0.5) is 9.59 Å². The summed E-state index contributed by atoms with van der Waals surface area (Å²) >= 11 is 0.622. The molecule has 1 aliphatic rings. The second kappa shape index (κ2) is 8.13. The zero-order chi connectivity index (χ0) is 19.4. The summed E-state index contributed by atoms with van der Waals surface area (Å²) in [5.74, 6) is -1.56. The fourth-order valence-electron chi connectivity index (χ4n) is 3.12. The van der Waals surface area contributed by atoms with Crippen molar-refractivity contribution in [2.45, 2.75) is 12.0 Å². The lowest BCUT2D eigenvalue weighted by Crippen LogP contribution is -2.43. The van der Waals surface area contributed by atoms with E-state index in [-0.39, 0.29) is 18.3 Å². The van der Waals surface area contributed by atoms with Gasteiger partial charge in [-0.15, -0.1) is 0 Å². The molecule has 4 N–H and O–H groups in total. The number of nitrogens with two attached hydrogens (primary N) is 1. The molecule has 7 nitrogen and oxygen atoms in total. The Morgan fingerprint density at radius 1 is 1.07 bits per heavy atom. The number of carbonyl (C=O) groups is 3. The van der Waals surface area contributed by atoms with E-state index < -0.39 is 23.3 Å². The highest BCUT2D eigenvalue weighted by Gasteiger charge is 2.29. The number of alkyl carbamates (subject to hydrolysis) is 1. The van der Waals surface area contributed by atoms with Crippen molar-refractivity contribution in [3.8, 4) is 11.1 Å². The van der Waals surface area contributed by atoms with Gasteiger partial charge in [0.25, 0.3) is 5.24 Å². The monoisotopic (exact) mass is 386 g/mol. The summed E-state index contributed by atoms with van der Waals surface area (Å²) in [5, 5.41) is 10.7. The van der Waals surface area contributed by atoms with E-state index in [0.717, 1.165) is 22.3 Å². The number of carbonyl (C=O) groups excluding carboxylic acids is 2. The van der Waals surface area contributed by atoms with Crippen molar-refractivity contribution in [1.82, 2.24) is 5.32 Å². The highest BCUT2D eigenvalue weighted by molar-refractivity contribution is 8.13. The molecular formula is C19H18N2O5S. The Balaban J connectivity index is 1.67. The van der Waals surface area contributed by atoms with E-state index in [4.69, 9.17) is 15.6 Å². The van der Waals surface area contributed by atoms with Crippen molar-refractivity contribution in [2.24, 2.45) is 5.73 Å². The Hall–Kier alpha value is -3.00. The first-order valence-corrected chi connectivity index (χ1v) is 9.22. The fourth-order valence-corrected chi connectivity index (χ4v) is 3.68. The lowest BCUT2D eigenvalue weighted by molar-refractivity contribution is -0.138. The molecule has 2 aromatic carbocycles. The number of benzene rings is 2. The standard InChI is InChI=1S/C19H18N2O5S/c20-18(24)27-10-16(17(22)23)21-19(25)26-9-15-13-7-3-1-5-11(13)12-6-2-4-8-14(12)15/h1-8,15-16H,9-10H2,(H2,20,24)(H,21,25)(H,22,23). The van der Waals surface area contributed by atoms with Gasteiger partial charge in [0.1, 0.15) is 12.6 Å². The summed E-state index contributed by atoms with van der Waals surface area (Å²) in [5.41, 5.74) is 9.31. The largest absolute Gasteiger partial charge is 0.480 e. The van der Waals surface area contributed by atoms with Gasteiger partial charge in [-0.3, -0.25) is 4.79 Å². The number of aliphatic carboxylic acids is 1. The van der Waals surface area contributed by atoms with Crippen LogP contribution in [0.1, 0.15) is 17.0 Å². The number of thioether (sulfide) groups is 1. The number of rotatable bonds is 6. The molecule has 3 rings (SSSR count). The molecule has 8 heteroatoms. The van der Waals surface area contributed by atoms with Gasteiger partial charge in [0.15, 0.2) is 0 Å². The first-order chi connectivity index (χ1) is 13.0. The van der Waals surface area contributed by atoms with Crippen LogP contribution in [-0.4, -0.2) is 40.8 Å². The van der Waals surface area contributed by atoms with Crippen LogP contribution in [0.2, 0.25) is 0 Å². The maximum Gasteiger partial charge on any atom is 0.407 e. The molecule has 0 heterocycles. The van der Waals surface area contributed by atoms with Crippen molar-refractivity contribution in [1.29, 1.82) is 0 Å². The molecule has 2 amide bonds. The summed E-state index contributed by atoms with van der Waals surface area (Å²) < 4.78 is 5.29. The minimum atomic E-state index is -1.27. The van der Waals surface area contributed by atoms with Gasteiger partial charge in [0, 0.05) is 11.7 Å². The Morgan fingerprint density at radius 2 is 1.63 bits per heavy atom. The number of amides is 2. The van der Waals surface area contributed by atoms with E-state index in [1.54, 1.807) is 0 Å². The van der Waals surface area contributed by atoms with Gasteiger partial charge < -0.3 is 20.9 Å². The van der Waals surface area contributed by atoms with Crippen molar-refractivity contribution in [3.05, 3.63) is 59.7 Å². The molecule has 1 unspecified atom stereocenters. The van der Waals surface area contributed by atoms with Gasteiger partial charge in [-0.2, -0.15) is 0 Å². The Bertz CT molecular complexity index is 840. The summed E-state index contributed by atoms with van der Waals surface area (Å²) in [6.07, 6.45) is -0.852. The summed E-state index contributed by atoms with van der Waals surface area (Å²) in [4.78, 5) is 34.1. The summed E-state index contributed by atoms with van der Waals surface area (Å²) in [6, 6.07) is 14.5. The van der Waals surface area contributed by atoms with Crippen LogP contribution in [0.5, 0.6) is 0 Å². The van der Waals surface area contributed by atoms with Crippen LogP contribution in [0.15, 0.2) is 48.5 Å². The lowest BCUT2D eigenvalue weighted by Gasteiger charge is -2.17. The zero-order valence-electron chi connectivity index (χ0n) is 14.3. The van der Waals surface area contributed by atoms with Crippen LogP contribution >= 0.6 is 11.8 Å². The second-order valence-electron chi connectivity index (χ2n) is 5.99. The molecular weight excluding hydrogens is 368 g/mol. The molecule has 140 valence electrons. The van der Waals surface area contributed by atoms with Gasteiger partial charge >= 0.3 is 12.1 Å². The molecule has 0 saturated heterocycles. The Kier molecular flexibility index (Phi) is 5.66. The molecule has 0 saturated carbocycles. The third-order valence-electron chi connectivity index (χ3n) is 4.33. The Morgan fingerprint density at radius 3 is 2.15 bits per heavy atom. The highest BCUT2D eigenvalue weighted by Crippen LogP contribution is 2.44. The molecule has 0 fully saturated rings. The normalized spacial score (nSPS) is 13.3. The van der Waals surface area contributed by atoms with Crippen LogP contribution < -0.4 is 11.1 Å². The van der Waals surface area contributed by atoms with Crippen molar-refractivity contribution >= 4 is 29.1 Å². The third-order valence-corrected chi connectivity index (χ3v) is 5.11.